The van der Waals surface area contributed by atoms with Crippen molar-refractivity contribution in [2.24, 2.45) is 0 Å². The predicted octanol–water partition coefficient (Wildman–Crippen LogP) is 3.58. The number of aryl methyl sites for hydroxylation is 1. The molecule has 0 unspecified atom stereocenters. The second-order valence-electron chi connectivity index (χ2n) is 5.35. The largest absolute Gasteiger partial charge is 0.416 e. The first-order valence-electron chi connectivity index (χ1n) is 6.94. The number of sulfonamides is 1. The van der Waals surface area contributed by atoms with Gasteiger partial charge in [0.2, 0.25) is 10.0 Å². The number of rotatable bonds is 4. The Balaban J connectivity index is 2.29. The lowest BCUT2D eigenvalue weighted by Gasteiger charge is -2.10. The van der Waals surface area contributed by atoms with Gasteiger partial charge in [0.25, 0.3) is 5.91 Å². The third-order valence-corrected chi connectivity index (χ3v) is 6.42. The van der Waals surface area contributed by atoms with E-state index in [-0.39, 0.29) is 15.5 Å². The van der Waals surface area contributed by atoms with Crippen LogP contribution in [0.4, 0.5) is 18.9 Å². The molecule has 1 heterocycles. The van der Waals surface area contributed by atoms with Crippen LogP contribution in [0.2, 0.25) is 0 Å². The molecule has 1 aromatic heterocycles. The van der Waals surface area contributed by atoms with Crippen molar-refractivity contribution in [1.29, 1.82) is 0 Å². The van der Waals surface area contributed by atoms with Gasteiger partial charge in [-0.15, -0.1) is 11.3 Å². The van der Waals surface area contributed by atoms with E-state index in [2.05, 4.69) is 5.32 Å². The number of benzene rings is 1. The van der Waals surface area contributed by atoms with Crippen LogP contribution >= 0.6 is 11.3 Å². The van der Waals surface area contributed by atoms with E-state index in [1.807, 2.05) is 0 Å². The molecule has 0 aliphatic carbocycles. The second-order valence-corrected chi connectivity index (χ2v) is 8.73. The van der Waals surface area contributed by atoms with E-state index < -0.39 is 27.7 Å². The molecule has 136 valence electrons. The van der Waals surface area contributed by atoms with Crippen LogP contribution in [-0.4, -0.2) is 32.7 Å². The summed E-state index contributed by atoms with van der Waals surface area (Å²) in [5.41, 5.74) is -0.911. The average molecular weight is 392 g/mol. The highest BCUT2D eigenvalue weighted by molar-refractivity contribution is 7.89. The van der Waals surface area contributed by atoms with E-state index in [0.29, 0.717) is 4.88 Å². The molecule has 1 aromatic carbocycles. The van der Waals surface area contributed by atoms with E-state index in [9.17, 15) is 26.4 Å². The minimum atomic E-state index is -4.52. The lowest BCUT2D eigenvalue weighted by atomic mass is 10.2. The third kappa shape index (κ3) is 4.20. The summed E-state index contributed by atoms with van der Waals surface area (Å²) >= 11 is 0.956. The summed E-state index contributed by atoms with van der Waals surface area (Å²) in [6, 6.07) is 5.44. The Morgan fingerprint density at radius 2 is 1.84 bits per heavy atom. The van der Waals surface area contributed by atoms with Gasteiger partial charge in [0.05, 0.1) is 15.3 Å². The molecular formula is C15H15F3N2O3S2. The Labute approximate surface area is 147 Å². The first kappa shape index (κ1) is 19.4. The molecule has 5 nitrogen and oxygen atoms in total. The first-order chi connectivity index (χ1) is 11.4. The SMILES string of the molecule is Cc1sc(C(=O)Nc2cccc(C(F)(F)F)c2)cc1S(=O)(=O)N(C)C. The van der Waals surface area contributed by atoms with Crippen LogP contribution in [0.5, 0.6) is 0 Å². The molecule has 0 fully saturated rings. The summed E-state index contributed by atoms with van der Waals surface area (Å²) in [7, 11) is -0.964. The molecule has 10 heteroatoms. The Kier molecular flexibility index (Phi) is 5.26. The highest BCUT2D eigenvalue weighted by Gasteiger charge is 2.30. The fourth-order valence-corrected chi connectivity index (χ4v) is 4.34. The van der Waals surface area contributed by atoms with Crippen molar-refractivity contribution in [1.82, 2.24) is 4.31 Å². The van der Waals surface area contributed by atoms with Crippen molar-refractivity contribution in [2.75, 3.05) is 19.4 Å². The number of anilines is 1. The number of nitrogens with zero attached hydrogens (tertiary/aromatic N) is 1. The summed E-state index contributed by atoms with van der Waals surface area (Å²) in [5.74, 6) is -0.673. The van der Waals surface area contributed by atoms with Crippen LogP contribution in [0.3, 0.4) is 0 Å². The fourth-order valence-electron chi connectivity index (χ4n) is 2.00. The van der Waals surface area contributed by atoms with Gasteiger partial charge in [-0.2, -0.15) is 13.2 Å². The number of alkyl halides is 3. The zero-order valence-electron chi connectivity index (χ0n) is 13.5. The smallest absolute Gasteiger partial charge is 0.321 e. The predicted molar refractivity (Wildman–Crippen MR) is 89.3 cm³/mol. The quantitative estimate of drug-likeness (QED) is 0.865. The van der Waals surface area contributed by atoms with Gasteiger partial charge in [-0.25, -0.2) is 12.7 Å². The van der Waals surface area contributed by atoms with Gasteiger partial charge in [-0.05, 0) is 31.2 Å². The van der Waals surface area contributed by atoms with Crippen molar-refractivity contribution in [2.45, 2.75) is 18.0 Å². The Morgan fingerprint density at radius 1 is 1.20 bits per heavy atom. The highest BCUT2D eigenvalue weighted by atomic mass is 32.2. The molecule has 0 aliphatic rings. The molecule has 2 rings (SSSR count). The lowest BCUT2D eigenvalue weighted by molar-refractivity contribution is -0.137. The molecule has 0 atom stereocenters. The van der Waals surface area contributed by atoms with Crippen LogP contribution in [0.25, 0.3) is 0 Å². The molecule has 1 amide bonds. The maximum absolute atomic E-state index is 12.7. The van der Waals surface area contributed by atoms with Crippen LogP contribution in [-0.2, 0) is 16.2 Å². The Bertz CT molecular complexity index is 903. The molecule has 0 saturated carbocycles. The van der Waals surface area contributed by atoms with E-state index in [1.165, 1.54) is 32.3 Å². The number of thiophene rings is 1. The van der Waals surface area contributed by atoms with Gasteiger partial charge in [0, 0.05) is 24.7 Å². The molecule has 0 spiro atoms. The van der Waals surface area contributed by atoms with Crippen molar-refractivity contribution in [3.05, 3.63) is 45.6 Å². The number of carbonyl (C=O) groups is 1. The van der Waals surface area contributed by atoms with Gasteiger partial charge >= 0.3 is 6.18 Å². The Hall–Kier alpha value is -1.91. The molecule has 0 bridgehead atoms. The summed E-state index contributed by atoms with van der Waals surface area (Å²) in [4.78, 5) is 12.8. The molecule has 0 saturated heterocycles. The number of nitrogens with one attached hydrogen (secondary N) is 1. The van der Waals surface area contributed by atoms with Crippen molar-refractivity contribution < 1.29 is 26.4 Å². The second kappa shape index (κ2) is 6.77. The van der Waals surface area contributed by atoms with Crippen molar-refractivity contribution in [3.8, 4) is 0 Å². The standard InChI is InChI=1S/C15H15F3N2O3S2/c1-9-13(25(22,23)20(2)3)8-12(24-9)14(21)19-11-6-4-5-10(7-11)15(16,17)18/h4-8H,1-3H3,(H,19,21). The van der Waals surface area contributed by atoms with Gasteiger partial charge in [-0.3, -0.25) is 4.79 Å². The topological polar surface area (TPSA) is 66.5 Å². The molecule has 0 radical (unpaired) electrons. The summed E-state index contributed by atoms with van der Waals surface area (Å²) in [5, 5.41) is 2.35. The molecular weight excluding hydrogens is 377 g/mol. The number of hydrogen-bond acceptors (Lipinski definition) is 4. The number of hydrogen-bond donors (Lipinski definition) is 1. The summed E-state index contributed by atoms with van der Waals surface area (Å²) in [6.45, 7) is 1.56. The van der Waals surface area contributed by atoms with Gasteiger partial charge in [0.15, 0.2) is 0 Å². The number of halogens is 3. The third-order valence-electron chi connectivity index (χ3n) is 3.30. The van der Waals surface area contributed by atoms with Crippen LogP contribution < -0.4 is 5.32 Å². The lowest BCUT2D eigenvalue weighted by Crippen LogP contribution is -2.22. The zero-order chi connectivity index (χ0) is 19.0. The monoisotopic (exact) mass is 392 g/mol. The van der Waals surface area contributed by atoms with Gasteiger partial charge in [0.1, 0.15) is 0 Å². The van der Waals surface area contributed by atoms with E-state index in [0.717, 1.165) is 27.8 Å². The van der Waals surface area contributed by atoms with E-state index in [4.69, 9.17) is 0 Å². The van der Waals surface area contributed by atoms with Gasteiger partial charge in [-0.1, -0.05) is 6.07 Å². The zero-order valence-corrected chi connectivity index (χ0v) is 15.1. The first-order valence-corrected chi connectivity index (χ1v) is 9.20. The van der Waals surface area contributed by atoms with Crippen LogP contribution in [0.1, 0.15) is 20.1 Å². The molecule has 1 N–H and O–H groups in total. The molecule has 25 heavy (non-hydrogen) atoms. The van der Waals surface area contributed by atoms with E-state index in [1.54, 1.807) is 6.92 Å². The average Bonchev–Trinajstić information content (AvgIpc) is 2.89. The normalized spacial score (nSPS) is 12.4. The van der Waals surface area contributed by atoms with Crippen LogP contribution in [0.15, 0.2) is 35.2 Å². The van der Waals surface area contributed by atoms with Gasteiger partial charge < -0.3 is 5.32 Å². The van der Waals surface area contributed by atoms with Crippen molar-refractivity contribution >= 4 is 33.0 Å². The van der Waals surface area contributed by atoms with Crippen molar-refractivity contribution in [3.63, 3.8) is 0 Å². The maximum Gasteiger partial charge on any atom is 0.416 e. The summed E-state index contributed by atoms with van der Waals surface area (Å²) < 4.78 is 63.5. The summed E-state index contributed by atoms with van der Waals surface area (Å²) in [6.07, 6.45) is -4.52. The highest BCUT2D eigenvalue weighted by Crippen LogP contribution is 2.31. The molecule has 2 aromatic rings. The van der Waals surface area contributed by atoms with E-state index >= 15 is 0 Å². The number of amides is 1. The number of carbonyl (C=O) groups excluding carboxylic acids is 1. The van der Waals surface area contributed by atoms with Crippen LogP contribution in [0, 0.1) is 6.92 Å². The maximum atomic E-state index is 12.7. The Morgan fingerprint density at radius 3 is 2.40 bits per heavy atom. The molecule has 0 aliphatic heterocycles. The minimum Gasteiger partial charge on any atom is -0.321 e. The minimum absolute atomic E-state index is 0.00306. The fraction of sp³-hybridized carbons (Fsp3) is 0.267.